The van der Waals surface area contributed by atoms with Crippen molar-refractivity contribution in [1.29, 1.82) is 0 Å². The Morgan fingerprint density at radius 2 is 2.00 bits per heavy atom. The van der Waals surface area contributed by atoms with Crippen molar-refractivity contribution >= 4 is 11.9 Å². The van der Waals surface area contributed by atoms with Gasteiger partial charge in [0.1, 0.15) is 18.2 Å². The van der Waals surface area contributed by atoms with E-state index in [9.17, 15) is 9.59 Å². The molecule has 0 radical (unpaired) electrons. The van der Waals surface area contributed by atoms with Crippen LogP contribution in [0.3, 0.4) is 0 Å². The van der Waals surface area contributed by atoms with Crippen LogP contribution in [0.2, 0.25) is 0 Å². The molecule has 6 nitrogen and oxygen atoms in total. The summed E-state index contributed by atoms with van der Waals surface area (Å²) in [6, 6.07) is -0.776. The molecular formula is C14H23NO5. The molecule has 6 heteroatoms. The van der Waals surface area contributed by atoms with E-state index >= 15 is 0 Å². The molecule has 0 aromatic rings. The largest absolute Gasteiger partial charge is 0.458 e. The molecule has 0 aromatic carbocycles. The fourth-order valence-corrected chi connectivity index (χ4v) is 2.62. The highest BCUT2D eigenvalue weighted by atomic mass is 16.6. The fourth-order valence-electron chi connectivity index (χ4n) is 2.62. The molecule has 3 atom stereocenters. The van der Waals surface area contributed by atoms with Crippen molar-refractivity contribution in [2.45, 2.75) is 57.3 Å². The van der Waals surface area contributed by atoms with Gasteiger partial charge in [0.05, 0.1) is 19.1 Å². The molecule has 1 aliphatic heterocycles. The molecule has 0 unspecified atom stereocenters. The maximum Gasteiger partial charge on any atom is 0.325 e. The van der Waals surface area contributed by atoms with Crippen molar-refractivity contribution in [3.05, 3.63) is 0 Å². The third-order valence-electron chi connectivity index (χ3n) is 3.93. The van der Waals surface area contributed by atoms with Crippen LogP contribution in [0, 0.1) is 5.92 Å². The van der Waals surface area contributed by atoms with Crippen molar-refractivity contribution in [2.75, 3.05) is 13.2 Å². The Labute approximate surface area is 118 Å². The van der Waals surface area contributed by atoms with Crippen molar-refractivity contribution in [3.63, 3.8) is 0 Å². The molecule has 1 saturated heterocycles. The average Bonchev–Trinajstić information content (AvgIpc) is 2.95. The molecule has 2 N–H and O–H groups in total. The van der Waals surface area contributed by atoms with E-state index in [2.05, 4.69) is 0 Å². The summed E-state index contributed by atoms with van der Waals surface area (Å²) in [7, 11) is 0. The molecule has 1 saturated carbocycles. The van der Waals surface area contributed by atoms with Crippen LogP contribution in [0.15, 0.2) is 0 Å². The van der Waals surface area contributed by atoms with Crippen LogP contribution in [0.1, 0.15) is 39.0 Å². The predicted octanol–water partition coefficient (Wildman–Crippen LogP) is 0.768. The zero-order valence-electron chi connectivity index (χ0n) is 11.9. The summed E-state index contributed by atoms with van der Waals surface area (Å²) in [6.07, 6.45) is 3.49. The van der Waals surface area contributed by atoms with E-state index in [0.717, 1.165) is 25.7 Å². The smallest absolute Gasteiger partial charge is 0.325 e. The van der Waals surface area contributed by atoms with Gasteiger partial charge in [-0.05, 0) is 19.8 Å². The summed E-state index contributed by atoms with van der Waals surface area (Å²) >= 11 is 0. The van der Waals surface area contributed by atoms with Gasteiger partial charge < -0.3 is 19.9 Å². The molecule has 20 heavy (non-hydrogen) atoms. The first-order chi connectivity index (χ1) is 9.58. The van der Waals surface area contributed by atoms with Crippen molar-refractivity contribution in [1.82, 2.24) is 0 Å². The second kappa shape index (κ2) is 7.04. The minimum atomic E-state index is -0.776. The van der Waals surface area contributed by atoms with E-state index < -0.39 is 24.2 Å². The van der Waals surface area contributed by atoms with Gasteiger partial charge in [-0.25, -0.2) is 0 Å². The number of rotatable bonds is 2. The van der Waals surface area contributed by atoms with Gasteiger partial charge in [0.25, 0.3) is 0 Å². The van der Waals surface area contributed by atoms with Gasteiger partial charge in [-0.2, -0.15) is 0 Å². The first kappa shape index (κ1) is 15.3. The van der Waals surface area contributed by atoms with Gasteiger partial charge in [-0.3, -0.25) is 9.59 Å². The molecule has 0 bridgehead atoms. The maximum atomic E-state index is 12.1. The molecule has 1 heterocycles. The van der Waals surface area contributed by atoms with Crippen LogP contribution in [-0.4, -0.2) is 43.4 Å². The van der Waals surface area contributed by atoms with Gasteiger partial charge in [0.2, 0.25) is 0 Å². The SMILES string of the molecule is C[C@@H]1OC(=O)[C@@H](N)COCC[C@H]1OC(=O)C1CCCC1. The molecule has 0 aromatic heterocycles. The Hall–Kier alpha value is -1.14. The van der Waals surface area contributed by atoms with Gasteiger partial charge in [0, 0.05) is 6.42 Å². The van der Waals surface area contributed by atoms with E-state index in [0.29, 0.717) is 13.0 Å². The second-order valence-electron chi connectivity index (χ2n) is 5.57. The lowest BCUT2D eigenvalue weighted by Gasteiger charge is -2.24. The number of carbonyl (C=O) groups is 2. The normalized spacial score (nSPS) is 32.9. The third-order valence-corrected chi connectivity index (χ3v) is 3.93. The number of hydrogen-bond donors (Lipinski definition) is 1. The summed E-state index contributed by atoms with van der Waals surface area (Å²) in [4.78, 5) is 23.7. The lowest BCUT2D eigenvalue weighted by Crippen LogP contribution is -2.40. The first-order valence-corrected chi connectivity index (χ1v) is 7.32. The number of ether oxygens (including phenoxy) is 3. The lowest BCUT2D eigenvalue weighted by molar-refractivity contribution is -0.170. The van der Waals surface area contributed by atoms with Crippen LogP contribution in [-0.2, 0) is 23.8 Å². The molecular weight excluding hydrogens is 262 g/mol. The van der Waals surface area contributed by atoms with E-state index in [1.54, 1.807) is 6.92 Å². The summed E-state index contributed by atoms with van der Waals surface area (Å²) in [6.45, 7) is 2.26. The van der Waals surface area contributed by atoms with Crippen molar-refractivity contribution < 1.29 is 23.8 Å². The zero-order valence-corrected chi connectivity index (χ0v) is 11.9. The van der Waals surface area contributed by atoms with Crippen LogP contribution in [0.25, 0.3) is 0 Å². The van der Waals surface area contributed by atoms with E-state index in [1.165, 1.54) is 0 Å². The summed E-state index contributed by atoms with van der Waals surface area (Å²) in [5.41, 5.74) is 5.62. The Bertz CT molecular complexity index is 353. The molecule has 2 aliphatic rings. The standard InChI is InChI=1S/C14H23NO5/c1-9-12(20-13(16)10-4-2-3-5-10)6-7-18-8-11(15)14(17)19-9/h9-12H,2-8,15H2,1H3/t9-,11-,12+/m0/s1. The van der Waals surface area contributed by atoms with Gasteiger partial charge in [-0.15, -0.1) is 0 Å². The van der Waals surface area contributed by atoms with E-state index in [-0.39, 0.29) is 18.5 Å². The summed E-state index contributed by atoms with van der Waals surface area (Å²) < 4.78 is 16.1. The van der Waals surface area contributed by atoms with Crippen LogP contribution < -0.4 is 5.73 Å². The number of carbonyl (C=O) groups excluding carboxylic acids is 2. The third kappa shape index (κ3) is 3.93. The highest BCUT2D eigenvalue weighted by Crippen LogP contribution is 2.27. The van der Waals surface area contributed by atoms with Gasteiger partial charge in [0.15, 0.2) is 0 Å². The molecule has 1 aliphatic carbocycles. The Balaban J connectivity index is 1.93. The first-order valence-electron chi connectivity index (χ1n) is 7.32. The molecule has 114 valence electrons. The Kier molecular flexibility index (Phi) is 5.37. The van der Waals surface area contributed by atoms with E-state index in [1.807, 2.05) is 0 Å². The van der Waals surface area contributed by atoms with Crippen molar-refractivity contribution in [3.8, 4) is 0 Å². The fraction of sp³-hybridized carbons (Fsp3) is 0.857. The highest BCUT2D eigenvalue weighted by molar-refractivity contribution is 5.76. The molecule has 2 rings (SSSR count). The monoisotopic (exact) mass is 285 g/mol. The zero-order chi connectivity index (χ0) is 14.5. The molecule has 0 amide bonds. The number of esters is 2. The summed E-state index contributed by atoms with van der Waals surface area (Å²) in [5, 5.41) is 0. The lowest BCUT2D eigenvalue weighted by atomic mass is 10.1. The van der Waals surface area contributed by atoms with Gasteiger partial charge >= 0.3 is 11.9 Å². The van der Waals surface area contributed by atoms with Crippen LogP contribution in [0.5, 0.6) is 0 Å². The van der Waals surface area contributed by atoms with Crippen molar-refractivity contribution in [2.24, 2.45) is 11.7 Å². The molecule has 2 fully saturated rings. The number of nitrogens with two attached hydrogens (primary N) is 1. The Morgan fingerprint density at radius 3 is 2.70 bits per heavy atom. The molecule has 0 spiro atoms. The minimum Gasteiger partial charge on any atom is -0.458 e. The average molecular weight is 285 g/mol. The highest BCUT2D eigenvalue weighted by Gasteiger charge is 2.32. The maximum absolute atomic E-state index is 12.1. The second-order valence-corrected chi connectivity index (χ2v) is 5.57. The number of cyclic esters (lactones) is 1. The minimum absolute atomic E-state index is 0.00583. The van der Waals surface area contributed by atoms with Crippen LogP contribution >= 0.6 is 0 Å². The van der Waals surface area contributed by atoms with Crippen LogP contribution in [0.4, 0.5) is 0 Å². The van der Waals surface area contributed by atoms with Gasteiger partial charge in [-0.1, -0.05) is 12.8 Å². The number of hydrogen-bond acceptors (Lipinski definition) is 6. The predicted molar refractivity (Wildman–Crippen MR) is 70.8 cm³/mol. The Morgan fingerprint density at radius 1 is 1.30 bits per heavy atom. The topological polar surface area (TPSA) is 87.8 Å². The quantitative estimate of drug-likeness (QED) is 0.754. The van der Waals surface area contributed by atoms with E-state index in [4.69, 9.17) is 19.9 Å². The summed E-state index contributed by atoms with van der Waals surface area (Å²) in [5.74, 6) is -0.700.